The van der Waals surface area contributed by atoms with Crippen molar-refractivity contribution >= 4 is 5.78 Å². The lowest BCUT2D eigenvalue weighted by atomic mass is 10.1. The Bertz CT molecular complexity index is 407. The van der Waals surface area contributed by atoms with Crippen LogP contribution in [0.5, 0.6) is 0 Å². The minimum absolute atomic E-state index is 0.114. The van der Waals surface area contributed by atoms with Gasteiger partial charge in [0, 0.05) is 24.1 Å². The quantitative estimate of drug-likeness (QED) is 0.813. The molecule has 0 radical (unpaired) electrons. The molecule has 0 unspecified atom stereocenters. The first-order valence-corrected chi connectivity index (χ1v) is 5.08. The Labute approximate surface area is 88.7 Å². The van der Waals surface area contributed by atoms with E-state index in [9.17, 15) is 9.59 Å². The normalized spacial score (nSPS) is 10.7. The van der Waals surface area contributed by atoms with Gasteiger partial charge in [-0.1, -0.05) is 13.8 Å². The van der Waals surface area contributed by atoms with Gasteiger partial charge in [-0.05, 0) is 13.3 Å². The third-order valence-electron chi connectivity index (χ3n) is 2.09. The van der Waals surface area contributed by atoms with Crippen LogP contribution in [0.2, 0.25) is 0 Å². The minimum Gasteiger partial charge on any atom is -0.310 e. The summed E-state index contributed by atoms with van der Waals surface area (Å²) in [5.41, 5.74) is 0.546. The number of carbonyl (C=O) groups excluding carboxylic acids is 1. The summed E-state index contributed by atoms with van der Waals surface area (Å²) in [6.07, 6.45) is 0.979. The highest BCUT2D eigenvalue weighted by molar-refractivity contribution is 5.75. The molecule has 0 atom stereocenters. The Morgan fingerprint density at radius 3 is 2.73 bits per heavy atom. The number of ketones is 1. The van der Waals surface area contributed by atoms with Crippen molar-refractivity contribution in [2.75, 3.05) is 0 Å². The van der Waals surface area contributed by atoms with E-state index in [-0.39, 0.29) is 17.3 Å². The first kappa shape index (κ1) is 11.6. The molecule has 0 aliphatic heterocycles. The Balaban J connectivity index is 2.89. The van der Waals surface area contributed by atoms with Gasteiger partial charge >= 0.3 is 0 Å². The lowest BCUT2D eigenvalue weighted by Crippen LogP contribution is -2.14. The predicted octanol–water partition coefficient (Wildman–Crippen LogP) is 1.41. The fourth-order valence-electron chi connectivity index (χ4n) is 1.23. The number of hydrogen-bond acceptors (Lipinski definition) is 3. The number of aryl methyl sites for hydroxylation is 1. The minimum atomic E-state index is -0.146. The highest BCUT2D eigenvalue weighted by Gasteiger charge is 2.05. The molecule has 1 N–H and O–H groups in total. The van der Waals surface area contributed by atoms with Crippen LogP contribution in [-0.2, 0) is 11.2 Å². The molecule has 1 heterocycles. The van der Waals surface area contributed by atoms with Crippen LogP contribution in [0.25, 0.3) is 0 Å². The number of hydrogen-bond donors (Lipinski definition) is 1. The van der Waals surface area contributed by atoms with E-state index in [1.54, 1.807) is 0 Å². The standard InChI is InChI=1S/C11H16N2O2/c1-7(2)11-12-9(5-4-8(3)14)6-10(15)13-11/h6-7H,4-5H2,1-3H3,(H,12,13,15). The average molecular weight is 208 g/mol. The molecule has 0 bridgehead atoms. The van der Waals surface area contributed by atoms with Gasteiger partial charge in [0.1, 0.15) is 11.6 Å². The van der Waals surface area contributed by atoms with Gasteiger partial charge in [-0.25, -0.2) is 4.98 Å². The Morgan fingerprint density at radius 1 is 1.53 bits per heavy atom. The number of carbonyl (C=O) groups is 1. The Kier molecular flexibility index (Phi) is 3.77. The smallest absolute Gasteiger partial charge is 0.251 e. The molecular formula is C11H16N2O2. The van der Waals surface area contributed by atoms with Crippen molar-refractivity contribution in [3.63, 3.8) is 0 Å². The van der Waals surface area contributed by atoms with Crippen LogP contribution >= 0.6 is 0 Å². The van der Waals surface area contributed by atoms with Gasteiger partial charge in [0.25, 0.3) is 5.56 Å². The molecule has 15 heavy (non-hydrogen) atoms. The van der Waals surface area contributed by atoms with Crippen molar-refractivity contribution in [2.24, 2.45) is 0 Å². The number of aromatic amines is 1. The maximum Gasteiger partial charge on any atom is 0.251 e. The zero-order valence-electron chi connectivity index (χ0n) is 9.33. The zero-order chi connectivity index (χ0) is 11.4. The van der Waals surface area contributed by atoms with Crippen molar-refractivity contribution in [2.45, 2.75) is 39.5 Å². The van der Waals surface area contributed by atoms with Gasteiger partial charge in [0.2, 0.25) is 0 Å². The van der Waals surface area contributed by atoms with E-state index >= 15 is 0 Å². The van der Waals surface area contributed by atoms with E-state index in [1.165, 1.54) is 13.0 Å². The molecule has 4 nitrogen and oxygen atoms in total. The SMILES string of the molecule is CC(=O)CCc1cc(=O)[nH]c(C(C)C)n1. The number of aromatic nitrogens is 2. The van der Waals surface area contributed by atoms with E-state index < -0.39 is 0 Å². The van der Waals surface area contributed by atoms with Gasteiger partial charge in [-0.3, -0.25) is 4.79 Å². The first-order valence-electron chi connectivity index (χ1n) is 5.08. The van der Waals surface area contributed by atoms with Gasteiger partial charge in [0.15, 0.2) is 0 Å². The summed E-state index contributed by atoms with van der Waals surface area (Å²) in [7, 11) is 0. The van der Waals surface area contributed by atoms with Crippen molar-refractivity contribution in [1.29, 1.82) is 0 Å². The molecule has 0 aromatic carbocycles. The molecule has 0 spiro atoms. The number of rotatable bonds is 4. The topological polar surface area (TPSA) is 62.8 Å². The molecule has 0 saturated heterocycles. The molecule has 0 saturated carbocycles. The molecule has 0 fully saturated rings. The summed E-state index contributed by atoms with van der Waals surface area (Å²) >= 11 is 0. The molecule has 82 valence electrons. The average Bonchev–Trinajstić information content (AvgIpc) is 2.13. The highest BCUT2D eigenvalue weighted by atomic mass is 16.1. The van der Waals surface area contributed by atoms with Crippen LogP contribution in [0.15, 0.2) is 10.9 Å². The predicted molar refractivity (Wildman–Crippen MR) is 57.9 cm³/mol. The number of Topliss-reactive ketones (excluding diaryl/α,β-unsaturated/α-hetero) is 1. The van der Waals surface area contributed by atoms with Crippen LogP contribution < -0.4 is 5.56 Å². The van der Waals surface area contributed by atoms with E-state index in [1.807, 2.05) is 13.8 Å². The zero-order valence-corrected chi connectivity index (χ0v) is 9.33. The molecule has 0 aliphatic rings. The van der Waals surface area contributed by atoms with Crippen LogP contribution in [0, 0.1) is 0 Å². The molecule has 0 amide bonds. The highest BCUT2D eigenvalue weighted by Crippen LogP contribution is 2.07. The van der Waals surface area contributed by atoms with Gasteiger partial charge < -0.3 is 9.78 Å². The number of nitrogens with zero attached hydrogens (tertiary/aromatic N) is 1. The van der Waals surface area contributed by atoms with E-state index in [4.69, 9.17) is 0 Å². The van der Waals surface area contributed by atoms with Crippen molar-refractivity contribution in [3.05, 3.63) is 27.9 Å². The molecular weight excluding hydrogens is 192 g/mol. The third kappa shape index (κ3) is 3.65. The van der Waals surface area contributed by atoms with Crippen LogP contribution in [0.4, 0.5) is 0 Å². The summed E-state index contributed by atoms with van der Waals surface area (Å²) in [6.45, 7) is 5.47. The Hall–Kier alpha value is -1.45. The summed E-state index contributed by atoms with van der Waals surface area (Å²) in [4.78, 5) is 29.1. The Morgan fingerprint density at radius 2 is 2.20 bits per heavy atom. The maximum absolute atomic E-state index is 11.3. The van der Waals surface area contributed by atoms with Crippen LogP contribution in [-0.4, -0.2) is 15.8 Å². The van der Waals surface area contributed by atoms with Crippen molar-refractivity contribution in [3.8, 4) is 0 Å². The molecule has 1 aromatic rings. The summed E-state index contributed by atoms with van der Waals surface area (Å²) in [5, 5.41) is 0. The van der Waals surface area contributed by atoms with Gasteiger partial charge in [-0.15, -0.1) is 0 Å². The summed E-state index contributed by atoms with van der Waals surface area (Å²) < 4.78 is 0. The van der Waals surface area contributed by atoms with Crippen molar-refractivity contribution < 1.29 is 4.79 Å². The lowest BCUT2D eigenvalue weighted by Gasteiger charge is -2.05. The second-order valence-electron chi connectivity index (χ2n) is 3.98. The van der Waals surface area contributed by atoms with Crippen molar-refractivity contribution in [1.82, 2.24) is 9.97 Å². The summed E-state index contributed by atoms with van der Waals surface area (Å²) in [6, 6.07) is 1.45. The lowest BCUT2D eigenvalue weighted by molar-refractivity contribution is -0.116. The van der Waals surface area contributed by atoms with Gasteiger partial charge in [0.05, 0.1) is 0 Å². The third-order valence-corrected chi connectivity index (χ3v) is 2.09. The first-order chi connectivity index (χ1) is 6.99. The van der Waals surface area contributed by atoms with E-state index in [2.05, 4.69) is 9.97 Å². The monoisotopic (exact) mass is 208 g/mol. The number of H-pyrrole nitrogens is 1. The number of nitrogens with one attached hydrogen (secondary N) is 1. The molecule has 1 rings (SSSR count). The molecule has 4 heteroatoms. The second-order valence-corrected chi connectivity index (χ2v) is 3.98. The molecule has 0 aliphatic carbocycles. The van der Waals surface area contributed by atoms with Crippen LogP contribution in [0.1, 0.15) is 44.6 Å². The summed E-state index contributed by atoms with van der Waals surface area (Å²) in [5.74, 6) is 0.985. The van der Waals surface area contributed by atoms with E-state index in [0.717, 1.165) is 0 Å². The van der Waals surface area contributed by atoms with Gasteiger partial charge in [-0.2, -0.15) is 0 Å². The fraction of sp³-hybridized carbons (Fsp3) is 0.545. The van der Waals surface area contributed by atoms with E-state index in [0.29, 0.717) is 24.4 Å². The fourth-order valence-corrected chi connectivity index (χ4v) is 1.23. The molecule has 1 aromatic heterocycles. The maximum atomic E-state index is 11.3. The second kappa shape index (κ2) is 4.87. The van der Waals surface area contributed by atoms with Crippen LogP contribution in [0.3, 0.4) is 0 Å². The largest absolute Gasteiger partial charge is 0.310 e.